The molecule has 2 aromatic rings. The number of nitrogens with zero attached hydrogens (tertiary/aromatic N) is 2. The number of carbonyl (C=O) groups is 1. The van der Waals surface area contributed by atoms with Crippen molar-refractivity contribution in [3.05, 3.63) is 24.1 Å². The number of aryl methyl sites for hydroxylation is 1. The van der Waals surface area contributed by atoms with Gasteiger partial charge < -0.3 is 19.3 Å². The molecule has 0 spiro atoms. The van der Waals surface area contributed by atoms with Crippen LogP contribution in [0.15, 0.2) is 22.7 Å². The molecule has 0 bridgehead atoms. The average molecular weight is 395 g/mol. The molecule has 27 heavy (non-hydrogen) atoms. The van der Waals surface area contributed by atoms with Crippen LogP contribution in [0.1, 0.15) is 18.7 Å². The van der Waals surface area contributed by atoms with E-state index in [4.69, 9.17) is 14.0 Å². The Kier molecular flexibility index (Phi) is 5.64. The summed E-state index contributed by atoms with van der Waals surface area (Å²) in [6, 6.07) is 4.95. The second-order valence-corrected chi connectivity index (χ2v) is 8.48. The van der Waals surface area contributed by atoms with Crippen LogP contribution in [0.5, 0.6) is 11.5 Å². The zero-order valence-corrected chi connectivity index (χ0v) is 15.9. The fraction of sp³-hybridized carbons (Fsp3) is 0.471. The molecule has 0 saturated carbocycles. The van der Waals surface area contributed by atoms with Gasteiger partial charge in [-0.1, -0.05) is 5.16 Å². The van der Waals surface area contributed by atoms with Gasteiger partial charge in [-0.15, -0.1) is 0 Å². The number of carbonyl (C=O) groups excluding carboxylic acids is 1. The minimum absolute atomic E-state index is 0.00273. The lowest BCUT2D eigenvalue weighted by atomic mass is 10.2. The van der Waals surface area contributed by atoms with Crippen molar-refractivity contribution in [1.29, 1.82) is 0 Å². The van der Waals surface area contributed by atoms with Crippen molar-refractivity contribution in [3.8, 4) is 22.9 Å². The number of aromatic nitrogens is 2. The Morgan fingerprint density at radius 2 is 2.07 bits per heavy atom. The molecule has 1 aromatic carbocycles. The maximum absolute atomic E-state index is 12.0. The first-order valence-corrected chi connectivity index (χ1v) is 10.3. The van der Waals surface area contributed by atoms with E-state index in [2.05, 4.69) is 15.5 Å². The van der Waals surface area contributed by atoms with Gasteiger partial charge in [-0.25, -0.2) is 8.42 Å². The number of sulfone groups is 1. The van der Waals surface area contributed by atoms with Gasteiger partial charge in [0.2, 0.25) is 17.6 Å². The molecule has 1 aliphatic rings. The van der Waals surface area contributed by atoms with Gasteiger partial charge in [0.15, 0.2) is 21.3 Å². The lowest BCUT2D eigenvalue weighted by Crippen LogP contribution is -2.35. The first-order valence-electron chi connectivity index (χ1n) is 8.45. The van der Waals surface area contributed by atoms with Crippen LogP contribution in [-0.2, 0) is 21.1 Å². The van der Waals surface area contributed by atoms with E-state index in [9.17, 15) is 13.2 Å². The first kappa shape index (κ1) is 19.2. The molecule has 1 amide bonds. The summed E-state index contributed by atoms with van der Waals surface area (Å²) < 4.78 is 38.5. The van der Waals surface area contributed by atoms with Crippen molar-refractivity contribution >= 4 is 15.7 Å². The molecule has 1 atom stereocenters. The summed E-state index contributed by atoms with van der Waals surface area (Å²) in [6.07, 6.45) is 0.869. The zero-order valence-electron chi connectivity index (χ0n) is 15.1. The van der Waals surface area contributed by atoms with Crippen molar-refractivity contribution in [2.45, 2.75) is 25.3 Å². The molecule has 3 rings (SSSR count). The fourth-order valence-electron chi connectivity index (χ4n) is 2.88. The van der Waals surface area contributed by atoms with Gasteiger partial charge in [-0.3, -0.25) is 4.79 Å². The molecule has 9 nitrogen and oxygen atoms in total. The summed E-state index contributed by atoms with van der Waals surface area (Å²) in [5.74, 6) is 1.74. The van der Waals surface area contributed by atoms with E-state index in [-0.39, 0.29) is 36.3 Å². The van der Waals surface area contributed by atoms with Crippen molar-refractivity contribution in [3.63, 3.8) is 0 Å². The second-order valence-electron chi connectivity index (χ2n) is 6.25. The van der Waals surface area contributed by atoms with Crippen LogP contribution in [0.3, 0.4) is 0 Å². The van der Waals surface area contributed by atoms with Crippen molar-refractivity contribution in [2.24, 2.45) is 0 Å². The predicted molar refractivity (Wildman–Crippen MR) is 96.4 cm³/mol. The largest absolute Gasteiger partial charge is 0.493 e. The van der Waals surface area contributed by atoms with Crippen LogP contribution in [0.2, 0.25) is 0 Å². The highest BCUT2D eigenvalue weighted by Crippen LogP contribution is 2.31. The smallest absolute Gasteiger partial charge is 0.227 e. The quantitative estimate of drug-likeness (QED) is 0.737. The fourth-order valence-corrected chi connectivity index (χ4v) is 4.55. The van der Waals surface area contributed by atoms with Crippen molar-refractivity contribution in [1.82, 2.24) is 15.5 Å². The molecule has 0 radical (unpaired) electrons. The first-order chi connectivity index (χ1) is 12.9. The Morgan fingerprint density at radius 1 is 1.30 bits per heavy atom. The molecule has 1 fully saturated rings. The number of hydrogen-bond acceptors (Lipinski definition) is 8. The Bertz CT molecular complexity index is 925. The zero-order chi connectivity index (χ0) is 19.4. The highest BCUT2D eigenvalue weighted by Gasteiger charge is 2.28. The van der Waals surface area contributed by atoms with Gasteiger partial charge in [0, 0.05) is 24.4 Å². The van der Waals surface area contributed by atoms with E-state index >= 15 is 0 Å². The minimum Gasteiger partial charge on any atom is -0.493 e. The number of ether oxygens (including phenoxy) is 2. The normalized spacial score (nSPS) is 18.2. The summed E-state index contributed by atoms with van der Waals surface area (Å²) in [5, 5.41) is 6.66. The lowest BCUT2D eigenvalue weighted by molar-refractivity contribution is -0.121. The number of nitrogens with one attached hydrogen (secondary N) is 1. The monoisotopic (exact) mass is 395 g/mol. The van der Waals surface area contributed by atoms with Crippen molar-refractivity contribution in [2.75, 3.05) is 25.7 Å². The van der Waals surface area contributed by atoms with E-state index in [1.807, 2.05) is 0 Å². The minimum atomic E-state index is -3.02. The van der Waals surface area contributed by atoms with E-state index in [1.165, 1.54) is 7.11 Å². The summed E-state index contributed by atoms with van der Waals surface area (Å²) >= 11 is 0. The molecule has 1 N–H and O–H groups in total. The number of rotatable bonds is 7. The number of benzene rings is 1. The summed E-state index contributed by atoms with van der Waals surface area (Å²) in [5.41, 5.74) is 0.697. The topological polar surface area (TPSA) is 121 Å². The number of amides is 1. The molecular formula is C17H21N3O6S. The number of hydrogen-bond donors (Lipinski definition) is 1. The van der Waals surface area contributed by atoms with Crippen LogP contribution in [0, 0.1) is 0 Å². The Balaban J connectivity index is 1.57. The maximum Gasteiger partial charge on any atom is 0.227 e. The van der Waals surface area contributed by atoms with E-state index in [0.717, 1.165) is 0 Å². The summed E-state index contributed by atoms with van der Waals surface area (Å²) in [6.45, 7) is 0. The molecule has 0 unspecified atom stereocenters. The van der Waals surface area contributed by atoms with Crippen LogP contribution >= 0.6 is 0 Å². The molecule has 1 saturated heterocycles. The standard InChI is InChI=1S/C17H21N3O6S/c1-24-13-4-3-11(9-14(13)25-2)17-19-16(26-20-17)6-5-15(21)18-12-7-8-27(22,23)10-12/h3-4,9,12H,5-8,10H2,1-2H3,(H,18,21)/t12-/m0/s1. The van der Waals surface area contributed by atoms with Crippen LogP contribution < -0.4 is 14.8 Å². The summed E-state index contributed by atoms with van der Waals surface area (Å²) in [7, 11) is 0.0697. The second kappa shape index (κ2) is 7.95. The highest BCUT2D eigenvalue weighted by atomic mass is 32.2. The van der Waals surface area contributed by atoms with Crippen molar-refractivity contribution < 1.29 is 27.2 Å². The molecule has 2 heterocycles. The van der Waals surface area contributed by atoms with Crippen LogP contribution in [-0.4, -0.2) is 56.2 Å². The third kappa shape index (κ3) is 4.76. The molecule has 146 valence electrons. The van der Waals surface area contributed by atoms with Gasteiger partial charge >= 0.3 is 0 Å². The molecule has 1 aromatic heterocycles. The molecule has 1 aliphatic heterocycles. The van der Waals surface area contributed by atoms with Gasteiger partial charge in [-0.05, 0) is 24.6 Å². The van der Waals surface area contributed by atoms with E-state index in [0.29, 0.717) is 35.2 Å². The highest BCUT2D eigenvalue weighted by molar-refractivity contribution is 7.91. The van der Waals surface area contributed by atoms with Crippen LogP contribution in [0.4, 0.5) is 0 Å². The molecule has 0 aliphatic carbocycles. The van der Waals surface area contributed by atoms with Crippen LogP contribution in [0.25, 0.3) is 11.4 Å². The average Bonchev–Trinajstić information content (AvgIpc) is 3.25. The summed E-state index contributed by atoms with van der Waals surface area (Å²) in [4.78, 5) is 16.3. The SMILES string of the molecule is COc1ccc(-c2noc(CCC(=O)N[C@H]3CCS(=O)(=O)C3)n2)cc1OC. The third-order valence-corrected chi connectivity index (χ3v) is 6.04. The predicted octanol–water partition coefficient (Wildman–Crippen LogP) is 0.990. The van der Waals surface area contributed by atoms with Gasteiger partial charge in [0.05, 0.1) is 25.7 Å². The Morgan fingerprint density at radius 3 is 2.74 bits per heavy atom. The Hall–Kier alpha value is -2.62. The van der Waals surface area contributed by atoms with Gasteiger partial charge in [0.1, 0.15) is 0 Å². The third-order valence-electron chi connectivity index (χ3n) is 4.27. The molecule has 10 heteroatoms. The molecular weight excluding hydrogens is 374 g/mol. The maximum atomic E-state index is 12.0. The Labute approximate surface area is 157 Å². The van der Waals surface area contributed by atoms with Gasteiger partial charge in [-0.2, -0.15) is 4.98 Å². The van der Waals surface area contributed by atoms with E-state index < -0.39 is 9.84 Å². The number of methoxy groups -OCH3 is 2. The lowest BCUT2D eigenvalue weighted by Gasteiger charge is -2.09. The van der Waals surface area contributed by atoms with Gasteiger partial charge in [0.25, 0.3) is 0 Å². The van der Waals surface area contributed by atoms with E-state index in [1.54, 1.807) is 25.3 Å².